The van der Waals surface area contributed by atoms with Crippen LogP contribution in [0, 0.1) is 5.41 Å². The van der Waals surface area contributed by atoms with Crippen molar-refractivity contribution in [3.8, 4) is 5.75 Å². The molecule has 0 amide bonds. The molecule has 0 spiro atoms. The van der Waals surface area contributed by atoms with Crippen LogP contribution in [0.25, 0.3) is 0 Å². The van der Waals surface area contributed by atoms with Crippen LogP contribution in [0.1, 0.15) is 5.56 Å². The lowest BCUT2D eigenvalue weighted by Gasteiger charge is -2.24. The van der Waals surface area contributed by atoms with Crippen molar-refractivity contribution in [3.05, 3.63) is 48.3 Å². The van der Waals surface area contributed by atoms with Gasteiger partial charge in [-0.1, -0.05) is 12.1 Å². The largest absolute Gasteiger partial charge is 0.494 e. The first-order valence-corrected chi connectivity index (χ1v) is 10.2. The van der Waals surface area contributed by atoms with Gasteiger partial charge in [0, 0.05) is 26.2 Å². The van der Waals surface area contributed by atoms with Gasteiger partial charge in [0.2, 0.25) is 17.9 Å². The van der Waals surface area contributed by atoms with Gasteiger partial charge in [-0.3, -0.25) is 5.41 Å². The maximum absolute atomic E-state index is 13.5. The molecule has 0 radical (unpaired) electrons. The van der Waals surface area contributed by atoms with Crippen molar-refractivity contribution in [2.75, 3.05) is 62.6 Å². The van der Waals surface area contributed by atoms with Crippen LogP contribution in [0.3, 0.4) is 0 Å². The zero-order chi connectivity index (χ0) is 24.0. The topological polar surface area (TPSA) is 128 Å². The fourth-order valence-electron chi connectivity index (χ4n) is 3.09. The molecule has 33 heavy (non-hydrogen) atoms. The summed E-state index contributed by atoms with van der Waals surface area (Å²) in [6.45, 7) is 1.68. The minimum absolute atomic E-state index is 0.107. The van der Waals surface area contributed by atoms with E-state index < -0.39 is 5.97 Å². The molecule has 11 heteroatoms. The van der Waals surface area contributed by atoms with E-state index in [4.69, 9.17) is 15.9 Å². The van der Waals surface area contributed by atoms with Gasteiger partial charge in [0.1, 0.15) is 12.1 Å². The van der Waals surface area contributed by atoms with Crippen molar-refractivity contribution in [2.45, 2.75) is 0 Å². The van der Waals surface area contributed by atoms with Gasteiger partial charge in [0.05, 0.1) is 35.4 Å². The molecule has 2 aromatic carbocycles. The molecule has 1 aromatic heterocycles. The van der Waals surface area contributed by atoms with Crippen LogP contribution in [0.2, 0.25) is 0 Å². The smallest absolute Gasteiger partial charge is 0.232 e. The second-order valence-electron chi connectivity index (χ2n) is 7.58. The average molecular weight is 454 g/mol. The quantitative estimate of drug-likeness (QED) is 0.270. The highest BCUT2D eigenvalue weighted by atomic mass is 19.1. The number of anilines is 6. The van der Waals surface area contributed by atoms with E-state index in [0.29, 0.717) is 22.8 Å². The number of benzene rings is 2. The maximum Gasteiger partial charge on any atom is 0.232 e. The predicted molar refractivity (Wildman–Crippen MR) is 130 cm³/mol. The fourth-order valence-corrected chi connectivity index (χ4v) is 3.09. The first kappa shape index (κ1) is 23.7. The summed E-state index contributed by atoms with van der Waals surface area (Å²) in [4.78, 5) is 16.7. The van der Waals surface area contributed by atoms with E-state index in [2.05, 4.69) is 35.4 Å². The molecule has 0 aliphatic heterocycles. The van der Waals surface area contributed by atoms with Crippen LogP contribution >= 0.6 is 0 Å². The van der Waals surface area contributed by atoms with Gasteiger partial charge < -0.3 is 30.9 Å². The van der Waals surface area contributed by atoms with Crippen LogP contribution in [-0.4, -0.2) is 67.2 Å². The zero-order valence-corrected chi connectivity index (χ0v) is 19.1. The highest BCUT2D eigenvalue weighted by molar-refractivity contribution is 5.97. The average Bonchev–Trinajstić information content (AvgIpc) is 2.78. The van der Waals surface area contributed by atoms with Gasteiger partial charge >= 0.3 is 0 Å². The van der Waals surface area contributed by atoms with Crippen LogP contribution in [0.5, 0.6) is 5.75 Å². The van der Waals surface area contributed by atoms with Crippen LogP contribution in [0.15, 0.2) is 42.7 Å². The summed E-state index contributed by atoms with van der Waals surface area (Å²) in [5.41, 5.74) is 8.79. The first-order chi connectivity index (χ1) is 15.8. The molecule has 3 rings (SSSR count). The van der Waals surface area contributed by atoms with E-state index in [1.807, 2.05) is 27.2 Å². The summed E-state index contributed by atoms with van der Waals surface area (Å²) in [7, 11) is 7.58. The van der Waals surface area contributed by atoms with Gasteiger partial charge in [-0.15, -0.1) is 0 Å². The Kier molecular flexibility index (Phi) is 7.57. The van der Waals surface area contributed by atoms with Gasteiger partial charge in [0.15, 0.2) is 0 Å². The number of nitrogens with one attached hydrogen (secondary N) is 3. The third-order valence-electron chi connectivity index (χ3n) is 4.87. The maximum atomic E-state index is 13.5. The zero-order valence-electron chi connectivity index (χ0n) is 19.1. The first-order valence-electron chi connectivity index (χ1n) is 10.2. The summed E-state index contributed by atoms with van der Waals surface area (Å²) in [6, 6.07) is 10.1. The lowest BCUT2D eigenvalue weighted by molar-refractivity contribution is 0.413. The highest BCUT2D eigenvalue weighted by Gasteiger charge is 2.14. The fraction of sp³-hybridized carbons (Fsp3) is 0.273. The van der Waals surface area contributed by atoms with Crippen molar-refractivity contribution in [1.29, 1.82) is 5.41 Å². The molecule has 0 unspecified atom stereocenters. The van der Waals surface area contributed by atoms with Gasteiger partial charge in [0.25, 0.3) is 0 Å². The molecule has 0 fully saturated rings. The Morgan fingerprint density at radius 1 is 1.06 bits per heavy atom. The Balaban J connectivity index is 1.82. The Bertz CT molecular complexity index is 1120. The summed E-state index contributed by atoms with van der Waals surface area (Å²) < 4.78 is 19.1. The standard InChI is InChI=1S/C22H28FN9O/c1-31(2)9-10-32(3)18-12-19(33-4)17(11-15(18)24)29-22-27-13-26-21(30-22)28-16-8-6-5-7-14(16)20(23)25/h5-8,11-13,25H,9-10,24H2,1-4H3,(H2,26,27,28,29,30). The molecule has 1 heterocycles. The molecule has 0 saturated heterocycles. The molecule has 0 atom stereocenters. The number of aromatic nitrogens is 3. The summed E-state index contributed by atoms with van der Waals surface area (Å²) in [5, 5.41) is 13.3. The number of nitrogen functional groups attached to an aromatic ring is 1. The molecule has 0 bridgehead atoms. The molecule has 0 aliphatic carbocycles. The van der Waals surface area contributed by atoms with Gasteiger partial charge in [-0.2, -0.15) is 9.37 Å². The molecule has 0 saturated carbocycles. The third-order valence-corrected chi connectivity index (χ3v) is 4.87. The van der Waals surface area contributed by atoms with Crippen molar-refractivity contribution in [1.82, 2.24) is 19.9 Å². The molecule has 0 aliphatic rings. The number of hydrogen-bond acceptors (Lipinski definition) is 10. The molecule has 3 aromatic rings. The predicted octanol–water partition coefficient (Wildman–Crippen LogP) is 3.24. The minimum Gasteiger partial charge on any atom is -0.494 e. The molecule has 10 nitrogen and oxygen atoms in total. The normalized spacial score (nSPS) is 10.7. The Morgan fingerprint density at radius 2 is 1.73 bits per heavy atom. The van der Waals surface area contributed by atoms with Crippen LogP contribution in [0.4, 0.5) is 39.0 Å². The number of rotatable bonds is 10. The van der Waals surface area contributed by atoms with Gasteiger partial charge in [-0.05, 0) is 32.3 Å². The van der Waals surface area contributed by atoms with Gasteiger partial charge in [-0.25, -0.2) is 9.97 Å². The SMILES string of the molecule is COc1cc(N(C)CCN(C)C)c(N)cc1Nc1ncnc(Nc2ccccc2C(=N)F)n1. The lowest BCUT2D eigenvalue weighted by Crippen LogP contribution is -2.29. The Labute approximate surface area is 192 Å². The van der Waals surface area contributed by atoms with Crippen LogP contribution in [-0.2, 0) is 0 Å². The van der Waals surface area contributed by atoms with E-state index in [1.165, 1.54) is 12.4 Å². The number of halogens is 1. The number of ether oxygens (including phenoxy) is 1. The van der Waals surface area contributed by atoms with E-state index in [-0.39, 0.29) is 17.5 Å². The molecular formula is C22H28FN9O. The highest BCUT2D eigenvalue weighted by Crippen LogP contribution is 2.36. The Hall–Kier alpha value is -3.99. The Morgan fingerprint density at radius 3 is 2.36 bits per heavy atom. The lowest BCUT2D eigenvalue weighted by atomic mass is 10.2. The van der Waals surface area contributed by atoms with E-state index in [9.17, 15) is 4.39 Å². The molecule has 174 valence electrons. The number of nitrogens with zero attached hydrogens (tertiary/aromatic N) is 5. The number of para-hydroxylation sites is 1. The van der Waals surface area contributed by atoms with Crippen molar-refractivity contribution in [3.63, 3.8) is 0 Å². The number of hydrogen-bond donors (Lipinski definition) is 4. The summed E-state index contributed by atoms with van der Waals surface area (Å²) >= 11 is 0. The van der Waals surface area contributed by atoms with Crippen molar-refractivity contribution >= 4 is 40.6 Å². The second kappa shape index (κ2) is 10.6. The summed E-state index contributed by atoms with van der Waals surface area (Å²) in [5.74, 6) is -0.0525. The van der Waals surface area contributed by atoms with Crippen molar-refractivity contribution in [2.24, 2.45) is 0 Å². The number of likely N-dealkylation sites (N-methyl/N-ethyl adjacent to an activating group) is 2. The number of methoxy groups -OCH3 is 1. The second-order valence-corrected chi connectivity index (χ2v) is 7.58. The van der Waals surface area contributed by atoms with E-state index in [1.54, 1.807) is 31.4 Å². The van der Waals surface area contributed by atoms with Crippen LogP contribution < -0.4 is 26.0 Å². The third kappa shape index (κ3) is 6.04. The van der Waals surface area contributed by atoms with Crippen molar-refractivity contribution < 1.29 is 9.13 Å². The van der Waals surface area contributed by atoms with E-state index in [0.717, 1.165) is 18.8 Å². The summed E-state index contributed by atoms with van der Waals surface area (Å²) in [6.07, 6.45) is 1.32. The number of nitrogens with two attached hydrogens (primary N) is 1. The molecule has 5 N–H and O–H groups in total. The monoisotopic (exact) mass is 453 g/mol. The molecular weight excluding hydrogens is 425 g/mol. The van der Waals surface area contributed by atoms with E-state index >= 15 is 0 Å². The minimum atomic E-state index is -1.05.